The third-order valence-corrected chi connectivity index (χ3v) is 5.80. The first kappa shape index (κ1) is 18.6. The zero-order chi connectivity index (χ0) is 18.7. The lowest BCUT2D eigenvalue weighted by molar-refractivity contribution is 0.531. The molecule has 3 heterocycles. The van der Waals surface area contributed by atoms with Gasteiger partial charge in [0.05, 0.1) is 22.4 Å². The molecule has 2 aliphatic rings. The van der Waals surface area contributed by atoms with Crippen LogP contribution in [0.5, 0.6) is 0 Å². The first-order chi connectivity index (χ1) is 12.5. The molecule has 5 nitrogen and oxygen atoms in total. The van der Waals surface area contributed by atoms with Gasteiger partial charge in [0, 0.05) is 31.1 Å². The molecule has 0 saturated carbocycles. The Hall–Kier alpha value is -2.21. The van der Waals surface area contributed by atoms with Crippen LogP contribution in [-0.4, -0.2) is 34.6 Å². The molecule has 136 valence electrons. The lowest BCUT2D eigenvalue weighted by Gasteiger charge is -2.26. The van der Waals surface area contributed by atoms with E-state index in [0.717, 1.165) is 51.5 Å². The van der Waals surface area contributed by atoms with Gasteiger partial charge in [0.15, 0.2) is 0 Å². The Kier molecular flexibility index (Phi) is 5.71. The summed E-state index contributed by atoms with van der Waals surface area (Å²) in [7, 11) is 2.01. The van der Waals surface area contributed by atoms with Crippen molar-refractivity contribution in [3.63, 3.8) is 0 Å². The lowest BCUT2D eigenvalue weighted by atomic mass is 10.1. The van der Waals surface area contributed by atoms with Gasteiger partial charge in [-0.1, -0.05) is 12.6 Å². The maximum absolute atomic E-state index is 4.86. The minimum absolute atomic E-state index is 0.0674. The molecule has 2 aliphatic heterocycles. The minimum Gasteiger partial charge on any atom is -0.366 e. The van der Waals surface area contributed by atoms with E-state index in [-0.39, 0.29) is 6.17 Å². The topological polar surface area (TPSA) is 52.9 Å². The number of halogens is 1. The van der Waals surface area contributed by atoms with Gasteiger partial charge in [0.2, 0.25) is 0 Å². The average molecular weight is 414 g/mol. The lowest BCUT2D eigenvalue weighted by Crippen LogP contribution is -2.33. The summed E-state index contributed by atoms with van der Waals surface area (Å²) in [6.45, 7) is 8.87. The second-order valence-electron chi connectivity index (χ2n) is 6.52. The van der Waals surface area contributed by atoms with Gasteiger partial charge >= 0.3 is 0 Å². The highest BCUT2D eigenvalue weighted by atomic mass is 79.9. The molecule has 0 radical (unpaired) electrons. The number of fused-ring (bicyclic) bond motifs is 1. The van der Waals surface area contributed by atoms with Gasteiger partial charge in [-0.05, 0) is 60.0 Å². The number of rotatable bonds is 3. The molecular weight excluding hydrogens is 390 g/mol. The number of likely N-dealkylation sites (N-methyl/N-ethyl adjacent to an activating group) is 1. The molecule has 0 saturated heterocycles. The van der Waals surface area contributed by atoms with Crippen LogP contribution >= 0.6 is 15.9 Å². The number of hydrogen-bond acceptors (Lipinski definition) is 5. The van der Waals surface area contributed by atoms with Crippen molar-refractivity contribution in [1.82, 2.24) is 15.2 Å². The van der Waals surface area contributed by atoms with E-state index in [9.17, 15) is 0 Å². The summed E-state index contributed by atoms with van der Waals surface area (Å²) in [4.78, 5) is 16.1. The highest BCUT2D eigenvalue weighted by Crippen LogP contribution is 2.21. The van der Waals surface area contributed by atoms with Gasteiger partial charge in [0.1, 0.15) is 12.0 Å². The van der Waals surface area contributed by atoms with Gasteiger partial charge in [-0.3, -0.25) is 15.0 Å². The van der Waals surface area contributed by atoms with Gasteiger partial charge in [-0.2, -0.15) is 0 Å². The predicted octanol–water partition coefficient (Wildman–Crippen LogP) is 4.25. The second kappa shape index (κ2) is 7.99. The molecule has 6 heteroatoms. The Morgan fingerprint density at radius 2 is 2.15 bits per heavy atom. The normalized spacial score (nSPS) is 21.8. The average Bonchev–Trinajstić information content (AvgIpc) is 2.69. The van der Waals surface area contributed by atoms with Crippen LogP contribution in [0.4, 0.5) is 0 Å². The molecular formula is C20H24BrN5. The zero-order valence-corrected chi connectivity index (χ0v) is 17.0. The molecule has 1 atom stereocenters. The Bertz CT molecular complexity index is 834. The number of nitrogens with zero attached hydrogens (tertiary/aromatic N) is 4. The first-order valence-corrected chi connectivity index (χ1v) is 9.50. The van der Waals surface area contributed by atoms with E-state index in [1.54, 1.807) is 6.20 Å². The van der Waals surface area contributed by atoms with E-state index >= 15 is 0 Å². The van der Waals surface area contributed by atoms with E-state index < -0.39 is 0 Å². The molecule has 3 rings (SSSR count). The summed E-state index contributed by atoms with van der Waals surface area (Å²) >= 11 is 3.56. The molecule has 0 spiro atoms. The second-order valence-corrected chi connectivity index (χ2v) is 7.31. The van der Waals surface area contributed by atoms with Crippen LogP contribution in [0.3, 0.4) is 0 Å². The third kappa shape index (κ3) is 4.12. The predicted molar refractivity (Wildman–Crippen MR) is 112 cm³/mol. The number of allylic oxidation sites excluding steroid dienone is 3. The summed E-state index contributed by atoms with van der Waals surface area (Å²) < 4.78 is 1.05. The summed E-state index contributed by atoms with van der Waals surface area (Å²) in [5.41, 5.74) is 5.13. The number of amidine groups is 1. The van der Waals surface area contributed by atoms with E-state index in [1.807, 2.05) is 32.2 Å². The zero-order valence-electron chi connectivity index (χ0n) is 15.5. The molecule has 1 unspecified atom stereocenters. The van der Waals surface area contributed by atoms with Crippen LogP contribution in [0.15, 0.2) is 56.8 Å². The van der Waals surface area contributed by atoms with Crippen molar-refractivity contribution in [2.45, 2.75) is 39.4 Å². The van der Waals surface area contributed by atoms with Crippen LogP contribution < -0.4 is 5.32 Å². The number of pyridine rings is 1. The summed E-state index contributed by atoms with van der Waals surface area (Å²) in [5.74, 6) is 1.01. The van der Waals surface area contributed by atoms with Crippen LogP contribution in [0.2, 0.25) is 0 Å². The molecule has 1 N–H and O–H groups in total. The third-order valence-electron chi connectivity index (χ3n) is 4.63. The van der Waals surface area contributed by atoms with E-state index in [0.29, 0.717) is 6.54 Å². The molecule has 1 aromatic heterocycles. The number of aromatic nitrogens is 1. The first-order valence-electron chi connectivity index (χ1n) is 8.71. The van der Waals surface area contributed by atoms with Crippen LogP contribution in [0, 0.1) is 0 Å². The molecule has 0 aliphatic carbocycles. The van der Waals surface area contributed by atoms with E-state index in [4.69, 9.17) is 9.98 Å². The number of aliphatic imine (C=N–C) groups is 2. The van der Waals surface area contributed by atoms with Gasteiger partial charge < -0.3 is 10.2 Å². The molecule has 0 bridgehead atoms. The largest absolute Gasteiger partial charge is 0.366 e. The van der Waals surface area contributed by atoms with Gasteiger partial charge in [-0.15, -0.1) is 0 Å². The van der Waals surface area contributed by atoms with Crippen molar-refractivity contribution in [2.75, 3.05) is 7.05 Å². The Morgan fingerprint density at radius 1 is 1.35 bits per heavy atom. The van der Waals surface area contributed by atoms with Crippen molar-refractivity contribution in [3.05, 3.63) is 58.1 Å². The SMILES string of the molecule is C=C1/C=C\c2ncccc2CN=C(CCC2N=C(C)C(Br)=C(C)N2)N1C. The maximum Gasteiger partial charge on any atom is 0.119 e. The summed E-state index contributed by atoms with van der Waals surface area (Å²) in [5, 5.41) is 3.44. The highest BCUT2D eigenvalue weighted by molar-refractivity contribution is 9.12. The standard InChI is InChI=1S/C20H24BrN5/c1-13-7-8-17-16(6-5-11-22-17)12-23-19(26(13)4)10-9-18-24-14(2)20(21)15(3)25-18/h5-8,11,18,24H,1,9-10,12H2,2-4H3/b8-7-,23-19?. The van der Waals surface area contributed by atoms with Crippen molar-refractivity contribution < 1.29 is 0 Å². The van der Waals surface area contributed by atoms with Gasteiger partial charge in [-0.25, -0.2) is 0 Å². The fourth-order valence-corrected chi connectivity index (χ4v) is 3.24. The Labute approximate surface area is 163 Å². The minimum atomic E-state index is 0.0674. The Morgan fingerprint density at radius 3 is 2.92 bits per heavy atom. The van der Waals surface area contributed by atoms with Gasteiger partial charge in [0.25, 0.3) is 0 Å². The van der Waals surface area contributed by atoms with Crippen LogP contribution in [-0.2, 0) is 6.54 Å². The van der Waals surface area contributed by atoms with Crippen molar-refractivity contribution in [2.24, 2.45) is 9.98 Å². The summed E-state index contributed by atoms with van der Waals surface area (Å²) in [6.07, 6.45) is 7.57. The fraction of sp³-hybridized carbons (Fsp3) is 0.350. The molecule has 1 aromatic rings. The smallest absolute Gasteiger partial charge is 0.119 e. The molecule has 0 amide bonds. The highest BCUT2D eigenvalue weighted by Gasteiger charge is 2.19. The molecule has 26 heavy (non-hydrogen) atoms. The van der Waals surface area contributed by atoms with Crippen molar-refractivity contribution >= 4 is 33.6 Å². The van der Waals surface area contributed by atoms with Crippen LogP contribution in [0.1, 0.15) is 37.9 Å². The molecule has 0 fully saturated rings. The van der Waals surface area contributed by atoms with Crippen molar-refractivity contribution in [1.29, 1.82) is 0 Å². The summed E-state index contributed by atoms with van der Waals surface area (Å²) in [6, 6.07) is 4.03. The molecule has 0 aromatic carbocycles. The fourth-order valence-electron chi connectivity index (χ4n) is 3.03. The van der Waals surface area contributed by atoms with Crippen LogP contribution in [0.25, 0.3) is 6.08 Å². The number of nitrogens with one attached hydrogen (secondary N) is 1. The van der Waals surface area contributed by atoms with Crippen molar-refractivity contribution in [3.8, 4) is 0 Å². The monoisotopic (exact) mass is 413 g/mol. The van der Waals surface area contributed by atoms with E-state index in [1.165, 1.54) is 0 Å². The quantitative estimate of drug-likeness (QED) is 0.805. The Balaban J connectivity index is 1.76. The maximum atomic E-state index is 4.86. The van der Waals surface area contributed by atoms with E-state index in [2.05, 4.69) is 50.7 Å². The number of hydrogen-bond donors (Lipinski definition) is 1.